The summed E-state index contributed by atoms with van der Waals surface area (Å²) in [6.07, 6.45) is 5.34. The van der Waals surface area contributed by atoms with Gasteiger partial charge < -0.3 is 5.32 Å². The molecule has 1 saturated carbocycles. The van der Waals surface area contributed by atoms with E-state index in [2.05, 4.69) is 58.1 Å². The zero-order valence-electron chi connectivity index (χ0n) is 13.1. The van der Waals surface area contributed by atoms with Gasteiger partial charge in [0.1, 0.15) is 0 Å². The van der Waals surface area contributed by atoms with Crippen molar-refractivity contribution in [1.82, 2.24) is 0 Å². The second kappa shape index (κ2) is 3.77. The maximum atomic E-state index is 3.87. The molecule has 104 valence electrons. The van der Waals surface area contributed by atoms with Crippen molar-refractivity contribution >= 4 is 5.69 Å². The molecule has 3 rings (SSSR count). The first-order valence-corrected chi connectivity index (χ1v) is 7.70. The second-order valence-corrected chi connectivity index (χ2v) is 7.97. The summed E-state index contributed by atoms with van der Waals surface area (Å²) in [7, 11) is 0. The van der Waals surface area contributed by atoms with E-state index in [0.29, 0.717) is 5.41 Å². The minimum atomic E-state index is 0.221. The third-order valence-electron chi connectivity index (χ3n) is 5.66. The SMILES string of the molecule is CC(C)(C)c1cccc2c1C1(C)CCCCC1(C)N2. The van der Waals surface area contributed by atoms with Crippen molar-refractivity contribution in [2.45, 2.75) is 76.7 Å². The smallest absolute Gasteiger partial charge is 0.0440 e. The second-order valence-electron chi connectivity index (χ2n) is 7.97. The lowest BCUT2D eigenvalue weighted by Gasteiger charge is -2.46. The number of fused-ring (bicyclic) bond motifs is 3. The Balaban J connectivity index is 2.23. The minimum absolute atomic E-state index is 0.221. The molecule has 0 amide bonds. The lowest BCUT2D eigenvalue weighted by Crippen LogP contribution is -2.50. The van der Waals surface area contributed by atoms with Crippen LogP contribution in [0.4, 0.5) is 5.69 Å². The van der Waals surface area contributed by atoms with Crippen LogP contribution < -0.4 is 5.32 Å². The lowest BCUT2D eigenvalue weighted by atomic mass is 9.60. The van der Waals surface area contributed by atoms with Gasteiger partial charge in [-0.15, -0.1) is 0 Å². The standard InChI is InChI=1S/C18H27N/c1-16(2,3)13-9-8-10-14-15(13)17(4)11-6-7-12-18(17,5)19-14/h8-10,19H,6-7,11-12H2,1-5H3. The van der Waals surface area contributed by atoms with Gasteiger partial charge in [0.05, 0.1) is 0 Å². The predicted molar refractivity (Wildman–Crippen MR) is 83.0 cm³/mol. The summed E-state index contributed by atoms with van der Waals surface area (Å²) in [6, 6.07) is 6.84. The van der Waals surface area contributed by atoms with E-state index >= 15 is 0 Å². The molecule has 1 N–H and O–H groups in total. The molecular formula is C18H27N. The highest BCUT2D eigenvalue weighted by Crippen LogP contribution is 2.57. The average Bonchev–Trinajstić information content (AvgIpc) is 2.55. The Labute approximate surface area is 117 Å². The van der Waals surface area contributed by atoms with Gasteiger partial charge in [0, 0.05) is 16.6 Å². The van der Waals surface area contributed by atoms with Crippen LogP contribution in [0.1, 0.15) is 71.4 Å². The van der Waals surface area contributed by atoms with Crippen molar-refractivity contribution in [3.05, 3.63) is 29.3 Å². The molecule has 0 bridgehead atoms. The predicted octanol–water partition coefficient (Wildman–Crippen LogP) is 5.00. The fraction of sp³-hybridized carbons (Fsp3) is 0.667. The molecule has 1 aliphatic carbocycles. The lowest BCUT2D eigenvalue weighted by molar-refractivity contribution is 0.211. The van der Waals surface area contributed by atoms with E-state index in [-0.39, 0.29) is 11.0 Å². The fourth-order valence-corrected chi connectivity index (χ4v) is 4.28. The molecule has 0 aromatic heterocycles. The van der Waals surface area contributed by atoms with E-state index in [4.69, 9.17) is 0 Å². The molecule has 2 unspecified atom stereocenters. The average molecular weight is 257 g/mol. The molecular weight excluding hydrogens is 230 g/mol. The molecule has 1 heteroatoms. The summed E-state index contributed by atoms with van der Waals surface area (Å²) in [5, 5.41) is 3.87. The monoisotopic (exact) mass is 257 g/mol. The van der Waals surface area contributed by atoms with Crippen LogP contribution in [-0.2, 0) is 10.8 Å². The van der Waals surface area contributed by atoms with Crippen LogP contribution in [0.5, 0.6) is 0 Å². The van der Waals surface area contributed by atoms with E-state index in [9.17, 15) is 0 Å². The Morgan fingerprint density at radius 2 is 1.74 bits per heavy atom. The normalized spacial score (nSPS) is 33.5. The van der Waals surface area contributed by atoms with Gasteiger partial charge in [0.15, 0.2) is 0 Å². The highest BCUT2D eigenvalue weighted by atomic mass is 15.0. The van der Waals surface area contributed by atoms with Crippen molar-refractivity contribution in [1.29, 1.82) is 0 Å². The Hall–Kier alpha value is -0.980. The van der Waals surface area contributed by atoms with Crippen molar-refractivity contribution < 1.29 is 0 Å². The van der Waals surface area contributed by atoms with E-state index in [0.717, 1.165) is 0 Å². The third-order valence-corrected chi connectivity index (χ3v) is 5.66. The molecule has 0 radical (unpaired) electrons. The van der Waals surface area contributed by atoms with Gasteiger partial charge in [-0.2, -0.15) is 0 Å². The molecule has 1 aromatic rings. The van der Waals surface area contributed by atoms with Gasteiger partial charge in [-0.3, -0.25) is 0 Å². The number of rotatable bonds is 0. The first kappa shape index (κ1) is 13.0. The molecule has 2 aliphatic rings. The number of anilines is 1. The molecule has 0 saturated heterocycles. The molecule has 19 heavy (non-hydrogen) atoms. The first-order chi connectivity index (χ1) is 8.78. The van der Waals surface area contributed by atoms with Gasteiger partial charge in [0.25, 0.3) is 0 Å². The van der Waals surface area contributed by atoms with E-state index in [1.54, 1.807) is 5.56 Å². The maximum absolute atomic E-state index is 3.87. The van der Waals surface area contributed by atoms with Crippen molar-refractivity contribution in [3.8, 4) is 0 Å². The molecule has 1 heterocycles. The number of benzene rings is 1. The van der Waals surface area contributed by atoms with Gasteiger partial charge in [0.2, 0.25) is 0 Å². The molecule has 1 aromatic carbocycles. The highest BCUT2D eigenvalue weighted by molar-refractivity contribution is 5.68. The Morgan fingerprint density at radius 1 is 1.05 bits per heavy atom. The van der Waals surface area contributed by atoms with Gasteiger partial charge in [-0.05, 0) is 42.4 Å². The zero-order chi connectivity index (χ0) is 13.9. The number of hydrogen-bond acceptors (Lipinski definition) is 1. The van der Waals surface area contributed by atoms with Crippen molar-refractivity contribution in [2.75, 3.05) is 5.32 Å². The summed E-state index contributed by atoms with van der Waals surface area (Å²) < 4.78 is 0. The van der Waals surface area contributed by atoms with Crippen LogP contribution in [0.15, 0.2) is 18.2 Å². The molecule has 1 fully saturated rings. The minimum Gasteiger partial charge on any atom is -0.379 e. The summed E-state index contributed by atoms with van der Waals surface area (Å²) in [4.78, 5) is 0. The number of hydrogen-bond donors (Lipinski definition) is 1. The number of nitrogens with one attached hydrogen (secondary N) is 1. The molecule has 2 atom stereocenters. The quantitative estimate of drug-likeness (QED) is 0.689. The topological polar surface area (TPSA) is 12.0 Å². The third kappa shape index (κ3) is 1.67. The van der Waals surface area contributed by atoms with Crippen LogP contribution in [0.25, 0.3) is 0 Å². The van der Waals surface area contributed by atoms with Gasteiger partial charge in [-0.25, -0.2) is 0 Å². The Morgan fingerprint density at radius 3 is 2.42 bits per heavy atom. The Bertz CT molecular complexity index is 511. The molecule has 1 aliphatic heterocycles. The van der Waals surface area contributed by atoms with Crippen LogP contribution in [-0.4, -0.2) is 5.54 Å². The summed E-state index contributed by atoms with van der Waals surface area (Å²) in [5.74, 6) is 0. The summed E-state index contributed by atoms with van der Waals surface area (Å²) in [5.41, 5.74) is 5.28. The van der Waals surface area contributed by atoms with E-state index < -0.39 is 0 Å². The maximum Gasteiger partial charge on any atom is 0.0440 e. The summed E-state index contributed by atoms with van der Waals surface area (Å²) in [6.45, 7) is 11.9. The van der Waals surface area contributed by atoms with Gasteiger partial charge in [-0.1, -0.05) is 52.7 Å². The fourth-order valence-electron chi connectivity index (χ4n) is 4.28. The zero-order valence-corrected chi connectivity index (χ0v) is 13.1. The van der Waals surface area contributed by atoms with Crippen molar-refractivity contribution in [3.63, 3.8) is 0 Å². The van der Waals surface area contributed by atoms with E-state index in [1.165, 1.54) is 36.9 Å². The highest BCUT2D eigenvalue weighted by Gasteiger charge is 2.54. The van der Waals surface area contributed by atoms with Gasteiger partial charge >= 0.3 is 0 Å². The largest absolute Gasteiger partial charge is 0.379 e. The van der Waals surface area contributed by atoms with Crippen molar-refractivity contribution in [2.24, 2.45) is 0 Å². The van der Waals surface area contributed by atoms with Crippen LogP contribution in [0, 0.1) is 0 Å². The summed E-state index contributed by atoms with van der Waals surface area (Å²) >= 11 is 0. The molecule has 1 nitrogen and oxygen atoms in total. The van der Waals surface area contributed by atoms with Crippen LogP contribution >= 0.6 is 0 Å². The Kier molecular flexibility index (Phi) is 2.59. The van der Waals surface area contributed by atoms with E-state index in [1.807, 2.05) is 0 Å². The van der Waals surface area contributed by atoms with Crippen LogP contribution in [0.2, 0.25) is 0 Å². The molecule has 0 spiro atoms. The van der Waals surface area contributed by atoms with Crippen LogP contribution in [0.3, 0.4) is 0 Å². The first-order valence-electron chi connectivity index (χ1n) is 7.70.